The maximum atomic E-state index is 12.8. The number of benzene rings is 1. The predicted octanol–water partition coefficient (Wildman–Crippen LogP) is 3.13. The lowest BCUT2D eigenvalue weighted by atomic mass is 10.2. The molecule has 0 saturated carbocycles. The highest BCUT2D eigenvalue weighted by atomic mass is 127. The maximum Gasteiger partial charge on any atom is 0.123 e. The van der Waals surface area contributed by atoms with Crippen LogP contribution in [-0.2, 0) is 6.54 Å². The van der Waals surface area contributed by atoms with Gasteiger partial charge in [0.05, 0.1) is 0 Å². The van der Waals surface area contributed by atoms with E-state index in [4.69, 9.17) is 0 Å². The number of hydrogen-bond acceptors (Lipinski definition) is 1. The molecule has 0 saturated heterocycles. The number of nitrogens with one attached hydrogen (secondary N) is 1. The van der Waals surface area contributed by atoms with Gasteiger partial charge in [-0.25, -0.2) is 4.39 Å². The van der Waals surface area contributed by atoms with Gasteiger partial charge in [-0.3, -0.25) is 0 Å². The fraction of sp³-hybridized carbons (Fsp3) is 0.455. The molecule has 1 aromatic carbocycles. The molecule has 0 bridgehead atoms. The molecule has 1 rings (SSSR count). The van der Waals surface area contributed by atoms with Crippen molar-refractivity contribution in [1.29, 1.82) is 0 Å². The summed E-state index contributed by atoms with van der Waals surface area (Å²) in [6, 6.07) is 6.73. The van der Waals surface area contributed by atoms with Gasteiger partial charge in [-0.05, 0) is 41.5 Å². The third-order valence-electron chi connectivity index (χ3n) is 1.96. The van der Waals surface area contributed by atoms with Crippen LogP contribution in [0.15, 0.2) is 24.3 Å². The highest BCUT2D eigenvalue weighted by Gasteiger charge is 1.94. The second-order valence-corrected chi connectivity index (χ2v) is 4.28. The Kier molecular flexibility index (Phi) is 6.10. The van der Waals surface area contributed by atoms with Gasteiger partial charge >= 0.3 is 0 Å². The Bertz CT molecular complexity index is 265. The molecule has 0 radical (unpaired) electrons. The minimum atomic E-state index is -0.156. The van der Waals surface area contributed by atoms with Gasteiger partial charge in [0.1, 0.15) is 5.82 Å². The van der Waals surface area contributed by atoms with Crippen molar-refractivity contribution >= 4 is 22.6 Å². The monoisotopic (exact) mass is 307 g/mol. The van der Waals surface area contributed by atoms with Crippen LogP contribution in [0.4, 0.5) is 4.39 Å². The zero-order valence-corrected chi connectivity index (χ0v) is 10.3. The summed E-state index contributed by atoms with van der Waals surface area (Å²) in [5, 5.41) is 3.29. The summed E-state index contributed by atoms with van der Waals surface area (Å²) in [4.78, 5) is 0. The summed E-state index contributed by atoms with van der Waals surface area (Å²) < 4.78 is 14.0. The van der Waals surface area contributed by atoms with E-state index < -0.39 is 0 Å². The van der Waals surface area contributed by atoms with Crippen molar-refractivity contribution < 1.29 is 4.39 Å². The normalized spacial score (nSPS) is 10.4. The Morgan fingerprint density at radius 2 is 2.14 bits per heavy atom. The lowest BCUT2D eigenvalue weighted by Crippen LogP contribution is -2.14. The van der Waals surface area contributed by atoms with Crippen LogP contribution in [0, 0.1) is 5.82 Å². The van der Waals surface area contributed by atoms with E-state index in [1.54, 1.807) is 12.1 Å². The Labute approximate surface area is 98.2 Å². The van der Waals surface area contributed by atoms with Gasteiger partial charge in [-0.2, -0.15) is 0 Å². The lowest BCUT2D eigenvalue weighted by Gasteiger charge is -2.03. The van der Waals surface area contributed by atoms with E-state index in [-0.39, 0.29) is 5.82 Å². The van der Waals surface area contributed by atoms with Crippen LogP contribution in [0.25, 0.3) is 0 Å². The van der Waals surface area contributed by atoms with Gasteiger partial charge in [0.2, 0.25) is 0 Å². The van der Waals surface area contributed by atoms with Crippen LogP contribution in [0.5, 0.6) is 0 Å². The molecule has 0 fully saturated rings. The minimum Gasteiger partial charge on any atom is -0.313 e. The van der Waals surface area contributed by atoms with Gasteiger partial charge in [0.15, 0.2) is 0 Å². The van der Waals surface area contributed by atoms with E-state index >= 15 is 0 Å². The molecule has 0 aliphatic rings. The van der Waals surface area contributed by atoms with Crippen LogP contribution in [0.3, 0.4) is 0 Å². The molecule has 0 aliphatic carbocycles. The van der Waals surface area contributed by atoms with Gasteiger partial charge in [-0.1, -0.05) is 34.7 Å². The third-order valence-corrected chi connectivity index (χ3v) is 2.72. The van der Waals surface area contributed by atoms with Gasteiger partial charge < -0.3 is 5.32 Å². The molecule has 0 aromatic heterocycles. The minimum absolute atomic E-state index is 0.156. The second-order valence-electron chi connectivity index (χ2n) is 3.20. The highest BCUT2D eigenvalue weighted by Crippen LogP contribution is 2.02. The molecule has 1 N–H and O–H groups in total. The smallest absolute Gasteiger partial charge is 0.123 e. The number of halogens is 2. The van der Waals surface area contributed by atoms with Crippen molar-refractivity contribution in [3.8, 4) is 0 Å². The summed E-state index contributed by atoms with van der Waals surface area (Å²) >= 11 is 2.38. The van der Waals surface area contributed by atoms with Crippen LogP contribution in [0.1, 0.15) is 18.4 Å². The first-order valence-electron chi connectivity index (χ1n) is 4.84. The van der Waals surface area contributed by atoms with Crippen molar-refractivity contribution in [2.24, 2.45) is 0 Å². The summed E-state index contributed by atoms with van der Waals surface area (Å²) in [6.07, 6.45) is 2.44. The summed E-state index contributed by atoms with van der Waals surface area (Å²) in [5.74, 6) is -0.156. The van der Waals surface area contributed by atoms with Gasteiger partial charge in [-0.15, -0.1) is 0 Å². The molecular formula is C11H15FIN. The second kappa shape index (κ2) is 7.17. The van der Waals surface area contributed by atoms with Crippen molar-refractivity contribution in [1.82, 2.24) is 5.32 Å². The molecule has 0 heterocycles. The topological polar surface area (TPSA) is 12.0 Å². The van der Waals surface area contributed by atoms with Gasteiger partial charge in [0.25, 0.3) is 0 Å². The molecule has 1 aromatic rings. The molecule has 0 amide bonds. The number of alkyl halides is 1. The van der Waals surface area contributed by atoms with Crippen molar-refractivity contribution in [3.63, 3.8) is 0 Å². The van der Waals surface area contributed by atoms with E-state index in [2.05, 4.69) is 27.9 Å². The van der Waals surface area contributed by atoms with Crippen molar-refractivity contribution in [3.05, 3.63) is 35.6 Å². The maximum absolute atomic E-state index is 12.8. The first kappa shape index (κ1) is 11.9. The first-order valence-corrected chi connectivity index (χ1v) is 6.36. The van der Waals surface area contributed by atoms with Crippen LogP contribution < -0.4 is 5.32 Å². The zero-order valence-electron chi connectivity index (χ0n) is 8.10. The van der Waals surface area contributed by atoms with Crippen molar-refractivity contribution in [2.45, 2.75) is 19.4 Å². The average molecular weight is 307 g/mol. The Morgan fingerprint density at radius 3 is 2.86 bits per heavy atom. The Balaban J connectivity index is 2.18. The number of unbranched alkanes of at least 4 members (excludes halogenated alkanes) is 1. The quantitative estimate of drug-likeness (QED) is 0.484. The molecule has 0 aliphatic heterocycles. The lowest BCUT2D eigenvalue weighted by molar-refractivity contribution is 0.615. The fourth-order valence-electron chi connectivity index (χ4n) is 1.22. The van der Waals surface area contributed by atoms with E-state index in [1.165, 1.54) is 23.3 Å². The van der Waals surface area contributed by atoms with E-state index in [0.29, 0.717) is 0 Å². The average Bonchev–Trinajstić information content (AvgIpc) is 2.18. The molecule has 14 heavy (non-hydrogen) atoms. The first-order chi connectivity index (χ1) is 6.83. The molecule has 1 nitrogen and oxygen atoms in total. The number of hydrogen-bond donors (Lipinski definition) is 1. The largest absolute Gasteiger partial charge is 0.313 e. The van der Waals surface area contributed by atoms with Crippen LogP contribution in [-0.4, -0.2) is 11.0 Å². The molecule has 3 heteroatoms. The van der Waals surface area contributed by atoms with Crippen LogP contribution in [0.2, 0.25) is 0 Å². The highest BCUT2D eigenvalue weighted by molar-refractivity contribution is 14.1. The Morgan fingerprint density at radius 1 is 1.29 bits per heavy atom. The molecule has 78 valence electrons. The number of rotatable bonds is 6. The zero-order chi connectivity index (χ0) is 10.2. The van der Waals surface area contributed by atoms with E-state index in [0.717, 1.165) is 18.7 Å². The van der Waals surface area contributed by atoms with E-state index in [9.17, 15) is 4.39 Å². The summed E-state index contributed by atoms with van der Waals surface area (Å²) in [7, 11) is 0. The van der Waals surface area contributed by atoms with Crippen molar-refractivity contribution in [2.75, 3.05) is 11.0 Å². The summed E-state index contributed by atoms with van der Waals surface area (Å²) in [5.41, 5.74) is 1.01. The molecular weight excluding hydrogens is 292 g/mol. The summed E-state index contributed by atoms with van der Waals surface area (Å²) in [6.45, 7) is 1.78. The fourth-order valence-corrected chi connectivity index (χ4v) is 1.76. The van der Waals surface area contributed by atoms with Crippen LogP contribution >= 0.6 is 22.6 Å². The van der Waals surface area contributed by atoms with Gasteiger partial charge in [0, 0.05) is 6.54 Å². The third kappa shape index (κ3) is 4.91. The molecule has 0 spiro atoms. The molecule has 0 unspecified atom stereocenters. The standard InChI is InChI=1S/C11H15FIN/c12-11-5-3-4-10(8-11)9-14-7-2-1-6-13/h3-5,8,14H,1-2,6-7,9H2. The SMILES string of the molecule is Fc1cccc(CNCCCCI)c1. The predicted molar refractivity (Wildman–Crippen MR) is 66.2 cm³/mol. The Hall–Kier alpha value is -0.160. The van der Waals surface area contributed by atoms with E-state index in [1.807, 2.05) is 6.07 Å². The molecule has 0 atom stereocenters.